The van der Waals surface area contributed by atoms with E-state index in [0.29, 0.717) is 0 Å². The number of nitrogens with two attached hydrogens (primary N) is 1. The molecule has 1 aromatic heterocycles. The van der Waals surface area contributed by atoms with Crippen LogP contribution in [0.25, 0.3) is 10.9 Å². The second-order valence-corrected chi connectivity index (χ2v) is 4.42. The van der Waals surface area contributed by atoms with E-state index in [1.54, 1.807) is 6.07 Å². The quantitative estimate of drug-likeness (QED) is 0.847. The minimum Gasteiger partial charge on any atom is -0.350 e. The molecule has 0 aliphatic heterocycles. The van der Waals surface area contributed by atoms with Crippen molar-refractivity contribution in [3.63, 3.8) is 0 Å². The van der Waals surface area contributed by atoms with Gasteiger partial charge in [-0.15, -0.1) is 0 Å². The average Bonchev–Trinajstić information content (AvgIpc) is 2.55. The van der Waals surface area contributed by atoms with Crippen molar-refractivity contribution in [2.24, 2.45) is 12.8 Å². The lowest BCUT2D eigenvalue weighted by Gasteiger charge is -2.03. The van der Waals surface area contributed by atoms with Gasteiger partial charge in [-0.05, 0) is 37.5 Å². The molecule has 0 aliphatic carbocycles. The van der Waals surface area contributed by atoms with Gasteiger partial charge in [0.05, 0.1) is 5.52 Å². The molecule has 0 radical (unpaired) electrons. The van der Waals surface area contributed by atoms with Gasteiger partial charge in [0.25, 0.3) is 0 Å². The van der Waals surface area contributed by atoms with Crippen molar-refractivity contribution in [1.82, 2.24) is 4.57 Å². The Kier molecular flexibility index (Phi) is 2.97. The number of fused-ring (bicyclic) bond motifs is 1. The van der Waals surface area contributed by atoms with Gasteiger partial charge < -0.3 is 10.3 Å². The second-order valence-electron chi connectivity index (χ2n) is 4.42. The highest BCUT2D eigenvalue weighted by molar-refractivity contribution is 5.84. The monoisotopic (exact) mass is 220 g/mol. The molecule has 16 heavy (non-hydrogen) atoms. The molecule has 0 saturated carbocycles. The summed E-state index contributed by atoms with van der Waals surface area (Å²) in [6.45, 7) is 1.97. The van der Waals surface area contributed by atoms with E-state index in [1.807, 2.05) is 30.8 Å². The number of nitrogens with zero attached hydrogens (tertiary/aromatic N) is 1. The highest BCUT2D eigenvalue weighted by Crippen LogP contribution is 2.24. The van der Waals surface area contributed by atoms with Crippen molar-refractivity contribution >= 4 is 10.9 Å². The van der Waals surface area contributed by atoms with Crippen LogP contribution in [-0.2, 0) is 13.5 Å². The molecule has 86 valence electrons. The van der Waals surface area contributed by atoms with Gasteiger partial charge in [-0.25, -0.2) is 4.39 Å². The maximum atomic E-state index is 13.7. The zero-order chi connectivity index (χ0) is 11.7. The van der Waals surface area contributed by atoms with Crippen LogP contribution in [0.1, 0.15) is 18.9 Å². The molecule has 1 heterocycles. The summed E-state index contributed by atoms with van der Waals surface area (Å²) >= 11 is 0. The van der Waals surface area contributed by atoms with Crippen LogP contribution >= 0.6 is 0 Å². The number of hydrogen-bond donors (Lipinski definition) is 1. The molecule has 0 aliphatic rings. The first-order valence-corrected chi connectivity index (χ1v) is 5.57. The maximum Gasteiger partial charge on any atom is 0.132 e. The number of benzene rings is 1. The smallest absolute Gasteiger partial charge is 0.132 e. The Bertz CT molecular complexity index is 500. The normalized spacial score (nSPS) is 13.2. The minimum atomic E-state index is -0.141. The fraction of sp³-hybridized carbons (Fsp3) is 0.385. The van der Waals surface area contributed by atoms with Gasteiger partial charge in [-0.3, -0.25) is 0 Å². The van der Waals surface area contributed by atoms with Crippen LogP contribution in [-0.4, -0.2) is 10.6 Å². The van der Waals surface area contributed by atoms with Gasteiger partial charge in [0, 0.05) is 24.7 Å². The molecule has 2 rings (SSSR count). The van der Waals surface area contributed by atoms with Gasteiger partial charge in [0.15, 0.2) is 0 Å². The van der Waals surface area contributed by atoms with Crippen LogP contribution in [0.5, 0.6) is 0 Å². The van der Waals surface area contributed by atoms with E-state index in [9.17, 15) is 4.39 Å². The van der Waals surface area contributed by atoms with Gasteiger partial charge >= 0.3 is 0 Å². The van der Waals surface area contributed by atoms with E-state index in [0.717, 1.165) is 29.3 Å². The lowest BCUT2D eigenvalue weighted by molar-refractivity contribution is 0.635. The molecule has 1 aromatic carbocycles. The summed E-state index contributed by atoms with van der Waals surface area (Å²) in [6, 6.07) is 5.35. The Morgan fingerprint density at radius 2 is 2.19 bits per heavy atom. The molecule has 3 heteroatoms. The molecule has 0 amide bonds. The van der Waals surface area contributed by atoms with Crippen molar-refractivity contribution in [2.45, 2.75) is 25.8 Å². The van der Waals surface area contributed by atoms with Crippen molar-refractivity contribution in [3.8, 4) is 0 Å². The summed E-state index contributed by atoms with van der Waals surface area (Å²) in [5.74, 6) is -0.141. The summed E-state index contributed by atoms with van der Waals surface area (Å²) in [5.41, 5.74) is 7.72. The van der Waals surface area contributed by atoms with Crippen LogP contribution in [0.4, 0.5) is 4.39 Å². The van der Waals surface area contributed by atoms with Crippen molar-refractivity contribution in [2.75, 3.05) is 0 Å². The lowest BCUT2D eigenvalue weighted by Crippen LogP contribution is -2.15. The summed E-state index contributed by atoms with van der Waals surface area (Å²) < 4.78 is 15.7. The van der Waals surface area contributed by atoms with Gasteiger partial charge in [-0.2, -0.15) is 0 Å². The largest absolute Gasteiger partial charge is 0.350 e. The van der Waals surface area contributed by atoms with Gasteiger partial charge in [-0.1, -0.05) is 6.07 Å². The third-order valence-electron chi connectivity index (χ3n) is 2.91. The second kappa shape index (κ2) is 4.26. The van der Waals surface area contributed by atoms with Crippen molar-refractivity contribution < 1.29 is 4.39 Å². The molecule has 2 aromatic rings. The Hall–Kier alpha value is -1.35. The van der Waals surface area contributed by atoms with E-state index >= 15 is 0 Å². The topological polar surface area (TPSA) is 30.9 Å². The van der Waals surface area contributed by atoms with Crippen molar-refractivity contribution in [3.05, 3.63) is 35.8 Å². The number of hydrogen-bond acceptors (Lipinski definition) is 1. The molecule has 0 fully saturated rings. The maximum absolute atomic E-state index is 13.7. The van der Waals surface area contributed by atoms with E-state index in [4.69, 9.17) is 5.73 Å². The third kappa shape index (κ3) is 1.95. The number of halogens is 1. The van der Waals surface area contributed by atoms with E-state index in [2.05, 4.69) is 0 Å². The minimum absolute atomic E-state index is 0.141. The van der Waals surface area contributed by atoms with Crippen molar-refractivity contribution in [1.29, 1.82) is 0 Å². The zero-order valence-electron chi connectivity index (χ0n) is 9.70. The van der Waals surface area contributed by atoms with Crippen LogP contribution in [0, 0.1) is 5.82 Å². The summed E-state index contributed by atoms with van der Waals surface area (Å²) in [6.07, 6.45) is 3.71. The Balaban J connectivity index is 2.45. The third-order valence-corrected chi connectivity index (χ3v) is 2.91. The van der Waals surface area contributed by atoms with Crippen LogP contribution in [0.2, 0.25) is 0 Å². The molecular formula is C13H17FN2. The van der Waals surface area contributed by atoms with E-state index in [-0.39, 0.29) is 11.9 Å². The fourth-order valence-electron chi connectivity index (χ4n) is 2.07. The Labute approximate surface area is 94.9 Å². The van der Waals surface area contributed by atoms with Crippen LogP contribution < -0.4 is 5.73 Å². The summed E-state index contributed by atoms with van der Waals surface area (Å²) in [5, 5.41) is 0.741. The molecule has 0 bridgehead atoms. The highest BCUT2D eigenvalue weighted by Gasteiger charge is 2.10. The molecule has 2 nitrogen and oxygen atoms in total. The zero-order valence-corrected chi connectivity index (χ0v) is 9.70. The molecule has 0 spiro atoms. The van der Waals surface area contributed by atoms with E-state index in [1.165, 1.54) is 6.07 Å². The Morgan fingerprint density at radius 1 is 1.44 bits per heavy atom. The van der Waals surface area contributed by atoms with E-state index < -0.39 is 0 Å². The average molecular weight is 220 g/mol. The molecule has 0 unspecified atom stereocenters. The van der Waals surface area contributed by atoms with Crippen LogP contribution in [0.15, 0.2) is 24.4 Å². The summed E-state index contributed by atoms with van der Waals surface area (Å²) in [4.78, 5) is 0. The predicted molar refractivity (Wildman–Crippen MR) is 64.8 cm³/mol. The first kappa shape index (κ1) is 11.1. The summed E-state index contributed by atoms with van der Waals surface area (Å²) in [7, 11) is 1.94. The first-order valence-electron chi connectivity index (χ1n) is 5.57. The number of rotatable bonds is 3. The predicted octanol–water partition coefficient (Wildman–Crippen LogP) is 2.60. The molecular weight excluding hydrogens is 203 g/mol. The lowest BCUT2D eigenvalue weighted by atomic mass is 10.1. The Morgan fingerprint density at radius 3 is 2.88 bits per heavy atom. The standard InChI is InChI=1S/C13H17FN2/c1-9(15)6-7-10-8-16(2)12-5-3-4-11(14)13(10)12/h3-5,8-9H,6-7,15H2,1-2H3/t9-/m0/s1. The van der Waals surface area contributed by atoms with Crippen LogP contribution in [0.3, 0.4) is 0 Å². The first-order chi connectivity index (χ1) is 7.59. The fourth-order valence-corrected chi connectivity index (χ4v) is 2.07. The SMILES string of the molecule is C[C@H](N)CCc1cn(C)c2cccc(F)c12. The highest BCUT2D eigenvalue weighted by atomic mass is 19.1. The van der Waals surface area contributed by atoms with Gasteiger partial charge in [0.2, 0.25) is 0 Å². The number of aryl methyl sites for hydroxylation is 2. The molecule has 0 saturated heterocycles. The molecule has 2 N–H and O–H groups in total. The molecule has 1 atom stereocenters. The van der Waals surface area contributed by atoms with Gasteiger partial charge in [0.1, 0.15) is 5.82 Å². The number of aromatic nitrogens is 1.